The summed E-state index contributed by atoms with van der Waals surface area (Å²) in [6, 6.07) is 15.4. The molecule has 1 unspecified atom stereocenters. The standard InChI is InChI=1S/C27H36N2O3/c1-4-24(27(31)28-23-13-9-6-10-14-23)29(18-22-11-7-5-8-12-22)26(30)19-32-25-16-15-20(2)17-21(25)3/h5,7-8,11-12,15-17,23-24H,4,6,9-10,13-14,18-19H2,1-3H3,(H,28,31). The molecule has 0 aromatic heterocycles. The molecule has 0 radical (unpaired) electrons. The number of ether oxygens (including phenoxy) is 1. The van der Waals surface area contributed by atoms with Crippen LogP contribution in [0.3, 0.4) is 0 Å². The first-order valence-corrected chi connectivity index (χ1v) is 11.8. The predicted molar refractivity (Wildman–Crippen MR) is 127 cm³/mol. The maximum atomic E-state index is 13.3. The monoisotopic (exact) mass is 436 g/mol. The normalized spacial score (nSPS) is 15.1. The van der Waals surface area contributed by atoms with E-state index >= 15 is 0 Å². The summed E-state index contributed by atoms with van der Waals surface area (Å²) in [5, 5.41) is 3.21. The molecule has 5 nitrogen and oxygen atoms in total. The zero-order valence-corrected chi connectivity index (χ0v) is 19.6. The molecule has 1 saturated carbocycles. The Morgan fingerprint density at radius 1 is 1.06 bits per heavy atom. The number of rotatable bonds is 9. The quantitative estimate of drug-likeness (QED) is 0.606. The molecule has 3 rings (SSSR count). The van der Waals surface area contributed by atoms with Crippen LogP contribution in [0.25, 0.3) is 0 Å². The van der Waals surface area contributed by atoms with Gasteiger partial charge in [0, 0.05) is 12.6 Å². The minimum absolute atomic E-state index is 0.0600. The maximum Gasteiger partial charge on any atom is 0.261 e. The third-order valence-corrected chi connectivity index (χ3v) is 6.21. The Labute approximate surface area is 192 Å². The molecule has 0 bridgehead atoms. The van der Waals surface area contributed by atoms with Crippen LogP contribution in [-0.2, 0) is 16.1 Å². The Balaban J connectivity index is 1.74. The number of carbonyl (C=O) groups excluding carboxylic acids is 2. The Bertz CT molecular complexity index is 891. The lowest BCUT2D eigenvalue weighted by atomic mass is 9.95. The first kappa shape index (κ1) is 23.8. The van der Waals surface area contributed by atoms with Gasteiger partial charge in [0.05, 0.1) is 0 Å². The van der Waals surface area contributed by atoms with E-state index in [1.165, 1.54) is 6.42 Å². The van der Waals surface area contributed by atoms with Gasteiger partial charge in [0.2, 0.25) is 5.91 Å². The van der Waals surface area contributed by atoms with Crippen LogP contribution in [-0.4, -0.2) is 35.4 Å². The van der Waals surface area contributed by atoms with Crippen LogP contribution in [0.4, 0.5) is 0 Å². The van der Waals surface area contributed by atoms with Crippen molar-refractivity contribution < 1.29 is 14.3 Å². The molecular formula is C27H36N2O3. The smallest absolute Gasteiger partial charge is 0.261 e. The number of nitrogens with one attached hydrogen (secondary N) is 1. The second-order valence-electron chi connectivity index (χ2n) is 8.83. The maximum absolute atomic E-state index is 13.3. The second kappa shape index (κ2) is 11.7. The van der Waals surface area contributed by atoms with E-state index in [9.17, 15) is 9.59 Å². The lowest BCUT2D eigenvalue weighted by Gasteiger charge is -2.32. The molecule has 5 heteroatoms. The van der Waals surface area contributed by atoms with E-state index in [1.54, 1.807) is 4.90 Å². The van der Waals surface area contributed by atoms with Gasteiger partial charge in [0.1, 0.15) is 11.8 Å². The van der Waals surface area contributed by atoms with Gasteiger partial charge in [-0.1, -0.05) is 74.2 Å². The van der Waals surface area contributed by atoms with Crippen molar-refractivity contribution in [2.45, 2.75) is 77.9 Å². The van der Waals surface area contributed by atoms with Crippen LogP contribution >= 0.6 is 0 Å². The van der Waals surface area contributed by atoms with E-state index in [0.29, 0.717) is 18.7 Å². The van der Waals surface area contributed by atoms with E-state index in [0.717, 1.165) is 42.4 Å². The first-order valence-electron chi connectivity index (χ1n) is 11.8. The van der Waals surface area contributed by atoms with Crippen LogP contribution in [0, 0.1) is 13.8 Å². The molecule has 172 valence electrons. The Morgan fingerprint density at radius 2 is 1.78 bits per heavy atom. The molecule has 0 aliphatic heterocycles. The van der Waals surface area contributed by atoms with Crippen LogP contribution in [0.2, 0.25) is 0 Å². The first-order chi connectivity index (χ1) is 15.5. The van der Waals surface area contributed by atoms with E-state index in [2.05, 4.69) is 5.32 Å². The molecule has 0 spiro atoms. The molecule has 2 aromatic carbocycles. The fourth-order valence-corrected chi connectivity index (χ4v) is 4.43. The summed E-state index contributed by atoms with van der Waals surface area (Å²) in [4.78, 5) is 28.2. The highest BCUT2D eigenvalue weighted by Crippen LogP contribution is 2.21. The molecule has 1 atom stereocenters. The minimum Gasteiger partial charge on any atom is -0.483 e. The molecule has 2 aromatic rings. The highest BCUT2D eigenvalue weighted by molar-refractivity contribution is 5.88. The average Bonchev–Trinajstić information content (AvgIpc) is 2.79. The van der Waals surface area contributed by atoms with Gasteiger partial charge < -0.3 is 15.0 Å². The fourth-order valence-electron chi connectivity index (χ4n) is 4.43. The number of benzene rings is 2. The van der Waals surface area contributed by atoms with Crippen LogP contribution < -0.4 is 10.1 Å². The summed E-state index contributed by atoms with van der Waals surface area (Å²) in [5.41, 5.74) is 3.14. The average molecular weight is 437 g/mol. The summed E-state index contributed by atoms with van der Waals surface area (Å²) >= 11 is 0. The Hall–Kier alpha value is -2.82. The van der Waals surface area contributed by atoms with Crippen molar-refractivity contribution in [2.24, 2.45) is 0 Å². The number of nitrogens with zero attached hydrogens (tertiary/aromatic N) is 1. The third-order valence-electron chi connectivity index (χ3n) is 6.21. The molecule has 2 amide bonds. The van der Waals surface area contributed by atoms with Crippen molar-refractivity contribution in [1.82, 2.24) is 10.2 Å². The van der Waals surface area contributed by atoms with E-state index in [-0.39, 0.29) is 24.5 Å². The lowest BCUT2D eigenvalue weighted by molar-refractivity contribution is -0.143. The Morgan fingerprint density at radius 3 is 2.44 bits per heavy atom. The van der Waals surface area contributed by atoms with Crippen molar-refractivity contribution in [3.05, 3.63) is 65.2 Å². The largest absolute Gasteiger partial charge is 0.483 e. The highest BCUT2D eigenvalue weighted by Gasteiger charge is 2.30. The topological polar surface area (TPSA) is 58.6 Å². The molecule has 0 heterocycles. The van der Waals surface area contributed by atoms with Crippen molar-refractivity contribution >= 4 is 11.8 Å². The van der Waals surface area contributed by atoms with Gasteiger partial charge in [-0.15, -0.1) is 0 Å². The van der Waals surface area contributed by atoms with E-state index in [4.69, 9.17) is 4.74 Å². The van der Waals surface area contributed by atoms with Gasteiger partial charge in [-0.2, -0.15) is 0 Å². The summed E-state index contributed by atoms with van der Waals surface area (Å²) in [6.45, 7) is 6.25. The SMILES string of the molecule is CCC(C(=O)NC1CCCCC1)N(Cc1ccccc1)C(=O)COc1ccc(C)cc1C. The number of amides is 2. The number of hydrogen-bond acceptors (Lipinski definition) is 3. The summed E-state index contributed by atoms with van der Waals surface area (Å²) in [6.07, 6.45) is 6.13. The van der Waals surface area contributed by atoms with Gasteiger partial charge in [0.25, 0.3) is 5.91 Å². The van der Waals surface area contributed by atoms with E-state index in [1.807, 2.05) is 69.3 Å². The molecular weight excluding hydrogens is 400 g/mol. The van der Waals surface area contributed by atoms with Crippen molar-refractivity contribution in [1.29, 1.82) is 0 Å². The number of hydrogen-bond donors (Lipinski definition) is 1. The van der Waals surface area contributed by atoms with Crippen LogP contribution in [0.1, 0.15) is 62.1 Å². The Kier molecular flexibility index (Phi) is 8.72. The minimum atomic E-state index is -0.521. The van der Waals surface area contributed by atoms with Gasteiger partial charge in [0.15, 0.2) is 6.61 Å². The van der Waals surface area contributed by atoms with Gasteiger partial charge in [-0.3, -0.25) is 9.59 Å². The molecule has 1 N–H and O–H groups in total. The lowest BCUT2D eigenvalue weighted by Crippen LogP contribution is -2.52. The van der Waals surface area contributed by atoms with Crippen molar-refractivity contribution in [2.75, 3.05) is 6.61 Å². The van der Waals surface area contributed by atoms with Crippen molar-refractivity contribution in [3.63, 3.8) is 0 Å². The van der Waals surface area contributed by atoms with Gasteiger partial charge in [-0.05, 0) is 50.3 Å². The third kappa shape index (κ3) is 6.59. The zero-order valence-electron chi connectivity index (χ0n) is 19.6. The van der Waals surface area contributed by atoms with E-state index < -0.39 is 6.04 Å². The molecule has 1 aliphatic rings. The molecule has 1 aliphatic carbocycles. The fraction of sp³-hybridized carbons (Fsp3) is 0.481. The zero-order chi connectivity index (χ0) is 22.9. The van der Waals surface area contributed by atoms with Crippen LogP contribution in [0.15, 0.2) is 48.5 Å². The summed E-state index contributed by atoms with van der Waals surface area (Å²) < 4.78 is 5.87. The predicted octanol–water partition coefficient (Wildman–Crippen LogP) is 4.94. The van der Waals surface area contributed by atoms with Crippen LogP contribution in [0.5, 0.6) is 5.75 Å². The number of carbonyl (C=O) groups is 2. The summed E-state index contributed by atoms with van der Waals surface area (Å²) in [7, 11) is 0. The van der Waals surface area contributed by atoms with Gasteiger partial charge in [-0.25, -0.2) is 0 Å². The molecule has 32 heavy (non-hydrogen) atoms. The number of aryl methyl sites for hydroxylation is 2. The highest BCUT2D eigenvalue weighted by atomic mass is 16.5. The van der Waals surface area contributed by atoms with Gasteiger partial charge >= 0.3 is 0 Å². The van der Waals surface area contributed by atoms with Crippen molar-refractivity contribution in [3.8, 4) is 5.75 Å². The molecule has 1 fully saturated rings. The second-order valence-corrected chi connectivity index (χ2v) is 8.83. The summed E-state index contributed by atoms with van der Waals surface area (Å²) in [5.74, 6) is 0.456. The molecule has 0 saturated heterocycles.